The van der Waals surface area contributed by atoms with Gasteiger partial charge in [-0.25, -0.2) is 18.7 Å². The molecule has 128 valence electrons. The Balaban J connectivity index is 1.95. The molecule has 25 heavy (non-hydrogen) atoms. The number of aromatic nitrogens is 2. The van der Waals surface area contributed by atoms with Crippen molar-refractivity contribution in [1.82, 2.24) is 9.97 Å². The summed E-state index contributed by atoms with van der Waals surface area (Å²) >= 11 is 1.61. The minimum absolute atomic E-state index is 0.0637. The zero-order valence-corrected chi connectivity index (χ0v) is 15.2. The predicted molar refractivity (Wildman–Crippen MR) is 96.5 cm³/mol. The molecule has 3 aromatic rings. The van der Waals surface area contributed by atoms with Crippen molar-refractivity contribution in [2.75, 3.05) is 0 Å². The monoisotopic (exact) mass is 357 g/mol. The van der Waals surface area contributed by atoms with Crippen LogP contribution in [0.2, 0.25) is 0 Å². The van der Waals surface area contributed by atoms with Crippen molar-refractivity contribution in [3.63, 3.8) is 0 Å². The Morgan fingerprint density at radius 2 is 1.80 bits per heavy atom. The highest BCUT2D eigenvalue weighted by atomic mass is 32.1. The highest BCUT2D eigenvalue weighted by Crippen LogP contribution is 2.45. The van der Waals surface area contributed by atoms with Crippen molar-refractivity contribution in [3.8, 4) is 0 Å². The second-order valence-corrected chi connectivity index (χ2v) is 8.21. The zero-order valence-electron chi connectivity index (χ0n) is 14.4. The Kier molecular flexibility index (Phi) is 3.35. The lowest BCUT2D eigenvalue weighted by Crippen LogP contribution is -2.45. The summed E-state index contributed by atoms with van der Waals surface area (Å²) < 4.78 is 27.3. The predicted octanol–water partition coefficient (Wildman–Crippen LogP) is 4.88. The van der Waals surface area contributed by atoms with Crippen LogP contribution in [0, 0.1) is 11.6 Å². The molecule has 1 aliphatic rings. The van der Waals surface area contributed by atoms with E-state index in [1.54, 1.807) is 11.3 Å². The molecule has 1 aromatic carbocycles. The Bertz CT molecular complexity index is 1030. The van der Waals surface area contributed by atoms with E-state index in [2.05, 4.69) is 43.7 Å². The van der Waals surface area contributed by atoms with E-state index in [0.717, 1.165) is 16.7 Å². The maximum atomic E-state index is 13.9. The van der Waals surface area contributed by atoms with Gasteiger partial charge in [0.05, 0.1) is 22.1 Å². The van der Waals surface area contributed by atoms with Gasteiger partial charge in [0.1, 0.15) is 16.9 Å². The molecular weight excluding hydrogens is 340 g/mol. The van der Waals surface area contributed by atoms with E-state index in [4.69, 9.17) is 4.99 Å². The van der Waals surface area contributed by atoms with Gasteiger partial charge in [-0.05, 0) is 43.0 Å². The quantitative estimate of drug-likeness (QED) is 0.623. The molecule has 3 heterocycles. The van der Waals surface area contributed by atoms with E-state index in [1.165, 1.54) is 17.8 Å². The molecule has 0 N–H and O–H groups in total. The average molecular weight is 357 g/mol. The molecule has 3 nitrogen and oxygen atoms in total. The lowest BCUT2D eigenvalue weighted by atomic mass is 9.68. The largest absolute Gasteiger partial charge is 0.275 e. The van der Waals surface area contributed by atoms with Gasteiger partial charge in [0.25, 0.3) is 0 Å². The van der Waals surface area contributed by atoms with Crippen molar-refractivity contribution < 1.29 is 8.78 Å². The molecule has 6 heteroatoms. The third-order valence-corrected chi connectivity index (χ3v) is 6.24. The summed E-state index contributed by atoms with van der Waals surface area (Å²) in [4.78, 5) is 14.6. The molecule has 1 aliphatic heterocycles. The molecule has 4 rings (SSSR count). The van der Waals surface area contributed by atoms with Crippen LogP contribution in [-0.4, -0.2) is 21.2 Å². The molecule has 0 aliphatic carbocycles. The number of benzene rings is 1. The van der Waals surface area contributed by atoms with Crippen LogP contribution in [0.4, 0.5) is 8.78 Å². The molecule has 0 saturated carbocycles. The topological polar surface area (TPSA) is 38.1 Å². The lowest BCUT2D eigenvalue weighted by Gasteiger charge is -2.42. The second kappa shape index (κ2) is 5.14. The van der Waals surface area contributed by atoms with E-state index in [-0.39, 0.29) is 16.5 Å². The van der Waals surface area contributed by atoms with Crippen molar-refractivity contribution in [2.45, 2.75) is 38.6 Å². The van der Waals surface area contributed by atoms with Crippen LogP contribution in [0.25, 0.3) is 11.0 Å². The smallest absolute Gasteiger partial charge is 0.186 e. The summed E-state index contributed by atoms with van der Waals surface area (Å²) in [5.41, 5.74) is 2.36. The maximum Gasteiger partial charge on any atom is 0.186 e. The van der Waals surface area contributed by atoms with Gasteiger partial charge in [-0.1, -0.05) is 13.8 Å². The van der Waals surface area contributed by atoms with Crippen molar-refractivity contribution in [2.24, 2.45) is 4.99 Å². The molecule has 0 unspecified atom stereocenters. The molecule has 2 aromatic heterocycles. The zero-order chi connectivity index (χ0) is 18.0. The van der Waals surface area contributed by atoms with Gasteiger partial charge < -0.3 is 0 Å². The van der Waals surface area contributed by atoms with E-state index in [9.17, 15) is 8.78 Å². The summed E-state index contributed by atoms with van der Waals surface area (Å²) in [6, 6.07) is 4.64. The first-order valence-electron chi connectivity index (χ1n) is 8.02. The number of rotatable bonds is 1. The first-order valence-corrected chi connectivity index (χ1v) is 8.90. The molecule has 0 radical (unpaired) electrons. The third kappa shape index (κ3) is 2.24. The first-order chi connectivity index (χ1) is 11.7. The normalized spacial score (nSPS) is 18.1. The number of halogens is 2. The Morgan fingerprint density at radius 1 is 1.04 bits per heavy atom. The SMILES string of the molecule is CC1(C)N=C(c2cnc3c(F)c(F)ccc3n2)c2sccc2C1(C)C. The summed E-state index contributed by atoms with van der Waals surface area (Å²) in [5.74, 6) is -1.90. The second-order valence-electron chi connectivity index (χ2n) is 7.29. The van der Waals surface area contributed by atoms with Crippen LogP contribution < -0.4 is 0 Å². The summed E-state index contributed by atoms with van der Waals surface area (Å²) in [7, 11) is 0. The number of thiophene rings is 1. The van der Waals surface area contributed by atoms with Crippen molar-refractivity contribution in [1.29, 1.82) is 0 Å². The van der Waals surface area contributed by atoms with Crippen LogP contribution >= 0.6 is 11.3 Å². The third-order valence-electron chi connectivity index (χ3n) is 5.32. The van der Waals surface area contributed by atoms with E-state index in [1.807, 2.05) is 5.38 Å². The van der Waals surface area contributed by atoms with Gasteiger partial charge >= 0.3 is 0 Å². The standard InChI is InChI=1S/C19H17F2N3S/c1-18(2)10-7-8-25-17(10)16(24-19(18,3)4)13-9-22-15-12(23-13)6-5-11(20)14(15)21/h5-9H,1-4H3. The highest BCUT2D eigenvalue weighted by molar-refractivity contribution is 7.12. The Hall–Kier alpha value is -2.21. The van der Waals surface area contributed by atoms with Crippen molar-refractivity contribution >= 4 is 28.1 Å². The van der Waals surface area contributed by atoms with E-state index >= 15 is 0 Å². The van der Waals surface area contributed by atoms with Crippen LogP contribution in [-0.2, 0) is 5.41 Å². The summed E-state index contributed by atoms with van der Waals surface area (Å²) in [6.45, 7) is 8.56. The fourth-order valence-electron chi connectivity index (χ4n) is 3.10. The first kappa shape index (κ1) is 16.3. The molecule has 0 spiro atoms. The fraction of sp³-hybridized carbons (Fsp3) is 0.316. The molecule has 0 atom stereocenters. The van der Waals surface area contributed by atoms with Gasteiger partial charge in [-0.2, -0.15) is 0 Å². The minimum atomic E-state index is -0.972. The van der Waals surface area contributed by atoms with E-state index in [0.29, 0.717) is 11.2 Å². The van der Waals surface area contributed by atoms with E-state index < -0.39 is 11.6 Å². The van der Waals surface area contributed by atoms with Gasteiger partial charge in [0.2, 0.25) is 0 Å². The molecule has 0 bridgehead atoms. The van der Waals surface area contributed by atoms with Gasteiger partial charge in [0, 0.05) is 5.41 Å². The average Bonchev–Trinajstić information content (AvgIpc) is 3.05. The minimum Gasteiger partial charge on any atom is -0.275 e. The summed E-state index contributed by atoms with van der Waals surface area (Å²) in [6.07, 6.45) is 1.47. The molecule has 0 amide bonds. The number of aliphatic imine (C=N–C) groups is 1. The molecule has 0 fully saturated rings. The van der Waals surface area contributed by atoms with Crippen molar-refractivity contribution in [3.05, 3.63) is 57.5 Å². The number of hydrogen-bond donors (Lipinski definition) is 0. The number of fused-ring (bicyclic) bond motifs is 2. The molecule has 0 saturated heterocycles. The Labute approximate surface area is 148 Å². The van der Waals surface area contributed by atoms with Crippen LogP contribution in [0.15, 0.2) is 34.8 Å². The fourth-order valence-corrected chi connectivity index (χ4v) is 4.15. The van der Waals surface area contributed by atoms with Gasteiger partial charge in [0.15, 0.2) is 11.6 Å². The maximum absolute atomic E-state index is 13.9. The number of nitrogens with zero attached hydrogens (tertiary/aromatic N) is 3. The van der Waals surface area contributed by atoms with Crippen LogP contribution in [0.1, 0.15) is 43.8 Å². The highest BCUT2D eigenvalue weighted by Gasteiger charge is 2.44. The lowest BCUT2D eigenvalue weighted by molar-refractivity contribution is 0.305. The van der Waals surface area contributed by atoms with Crippen LogP contribution in [0.3, 0.4) is 0 Å². The Morgan fingerprint density at radius 3 is 2.56 bits per heavy atom. The van der Waals surface area contributed by atoms with Crippen LogP contribution in [0.5, 0.6) is 0 Å². The molecular formula is C19H17F2N3S. The van der Waals surface area contributed by atoms with Gasteiger partial charge in [-0.3, -0.25) is 4.99 Å². The summed E-state index contributed by atoms with van der Waals surface area (Å²) in [5, 5.41) is 2.05. The number of hydrogen-bond acceptors (Lipinski definition) is 4. The van der Waals surface area contributed by atoms with Gasteiger partial charge in [-0.15, -0.1) is 11.3 Å².